The maximum absolute atomic E-state index is 12.0. The highest BCUT2D eigenvalue weighted by Crippen LogP contribution is 2.22. The van der Waals surface area contributed by atoms with Crippen LogP contribution in [-0.4, -0.2) is 22.4 Å². The van der Waals surface area contributed by atoms with Gasteiger partial charge >= 0.3 is 5.97 Å². The van der Waals surface area contributed by atoms with E-state index in [-0.39, 0.29) is 24.0 Å². The molecule has 2 aromatic rings. The average Bonchev–Trinajstić information content (AvgIpc) is 2.87. The van der Waals surface area contributed by atoms with E-state index >= 15 is 0 Å². The maximum Gasteiger partial charge on any atom is 0.338 e. The third kappa shape index (κ3) is 4.05. The molecule has 2 aromatic heterocycles. The fraction of sp³-hybridized carbons (Fsp3) is 0.267. The number of ether oxygens (including phenoxy) is 1. The number of ketones is 1. The van der Waals surface area contributed by atoms with Crippen LogP contribution in [0.15, 0.2) is 35.3 Å². The van der Waals surface area contributed by atoms with E-state index in [1.165, 1.54) is 22.9 Å². The first-order chi connectivity index (χ1) is 10.4. The molecule has 0 aromatic carbocycles. The summed E-state index contributed by atoms with van der Waals surface area (Å²) < 4.78 is 6.77. The number of halogens is 1. The van der Waals surface area contributed by atoms with Crippen LogP contribution < -0.4 is 5.56 Å². The minimum absolute atomic E-state index is 0.102. The van der Waals surface area contributed by atoms with Gasteiger partial charge in [0.05, 0.1) is 27.4 Å². The van der Waals surface area contributed by atoms with Crippen molar-refractivity contribution in [3.8, 4) is 0 Å². The maximum atomic E-state index is 12.0. The Labute approximate surface area is 136 Å². The molecule has 0 N–H and O–H groups in total. The predicted octanol–water partition coefficient (Wildman–Crippen LogP) is 3.01. The van der Waals surface area contributed by atoms with Crippen molar-refractivity contribution in [1.82, 2.24) is 4.57 Å². The lowest BCUT2D eigenvalue weighted by atomic mass is 10.2. The Morgan fingerprint density at radius 1 is 1.32 bits per heavy atom. The smallest absolute Gasteiger partial charge is 0.338 e. The van der Waals surface area contributed by atoms with E-state index in [4.69, 9.17) is 16.3 Å². The first kappa shape index (κ1) is 16.5. The minimum atomic E-state index is -0.560. The van der Waals surface area contributed by atoms with Crippen LogP contribution in [0.5, 0.6) is 0 Å². The lowest BCUT2D eigenvalue weighted by molar-refractivity contribution is 0.0377. The molecular weight excluding hydrogens is 326 g/mol. The minimum Gasteiger partial charge on any atom is -0.459 e. The van der Waals surface area contributed by atoms with Crippen molar-refractivity contribution in [1.29, 1.82) is 0 Å². The third-order valence-electron chi connectivity index (χ3n) is 2.74. The van der Waals surface area contributed by atoms with Crippen molar-refractivity contribution in [3.63, 3.8) is 0 Å². The van der Waals surface area contributed by atoms with Crippen LogP contribution in [0, 0.1) is 0 Å². The third-order valence-corrected chi connectivity index (χ3v) is 4.01. The SMILES string of the molecule is CC(C)OC(=O)c1ccn(CC(=O)c2ccc(Cl)s2)c(=O)c1. The van der Waals surface area contributed by atoms with Crippen LogP contribution in [0.25, 0.3) is 0 Å². The Bertz CT molecular complexity index is 763. The van der Waals surface area contributed by atoms with E-state index in [2.05, 4.69) is 0 Å². The molecule has 0 aliphatic heterocycles. The first-order valence-corrected chi connectivity index (χ1v) is 7.76. The van der Waals surface area contributed by atoms with Crippen LogP contribution in [0.1, 0.15) is 33.9 Å². The molecule has 0 atom stereocenters. The summed E-state index contributed by atoms with van der Waals surface area (Å²) in [4.78, 5) is 36.2. The number of Topliss-reactive ketones (excluding diaryl/α,β-unsaturated/α-hetero) is 1. The van der Waals surface area contributed by atoms with Crippen LogP contribution in [0.2, 0.25) is 4.34 Å². The molecule has 0 unspecified atom stereocenters. The highest BCUT2D eigenvalue weighted by atomic mass is 35.5. The second kappa shape index (κ2) is 6.89. The van der Waals surface area contributed by atoms with E-state index in [9.17, 15) is 14.4 Å². The summed E-state index contributed by atoms with van der Waals surface area (Å²) >= 11 is 6.94. The average molecular weight is 340 g/mol. The fourth-order valence-corrected chi connectivity index (χ4v) is 2.72. The molecule has 22 heavy (non-hydrogen) atoms. The molecule has 2 rings (SSSR count). The largest absolute Gasteiger partial charge is 0.459 e. The zero-order chi connectivity index (χ0) is 16.3. The number of aromatic nitrogens is 1. The molecule has 5 nitrogen and oxygen atoms in total. The zero-order valence-electron chi connectivity index (χ0n) is 12.0. The van der Waals surface area contributed by atoms with Crippen molar-refractivity contribution >= 4 is 34.7 Å². The lowest BCUT2D eigenvalue weighted by Crippen LogP contribution is -2.24. The molecular formula is C15H14ClNO4S. The Hall–Kier alpha value is -1.92. The highest BCUT2D eigenvalue weighted by molar-refractivity contribution is 7.18. The van der Waals surface area contributed by atoms with Crippen molar-refractivity contribution < 1.29 is 14.3 Å². The predicted molar refractivity (Wildman–Crippen MR) is 84.9 cm³/mol. The Kier molecular flexibility index (Phi) is 5.15. The number of hydrogen-bond donors (Lipinski definition) is 0. The highest BCUT2D eigenvalue weighted by Gasteiger charge is 2.13. The number of thiophene rings is 1. The van der Waals surface area contributed by atoms with Crippen molar-refractivity contribution in [3.05, 3.63) is 55.6 Å². The number of carbonyl (C=O) groups excluding carboxylic acids is 2. The van der Waals surface area contributed by atoms with E-state index in [0.29, 0.717) is 9.21 Å². The summed E-state index contributed by atoms with van der Waals surface area (Å²) in [6.07, 6.45) is 1.15. The quantitative estimate of drug-likeness (QED) is 0.620. The second-order valence-electron chi connectivity index (χ2n) is 4.86. The number of pyridine rings is 1. The van der Waals surface area contributed by atoms with Crippen LogP contribution in [0.3, 0.4) is 0 Å². The van der Waals surface area contributed by atoms with Gasteiger partial charge in [0.15, 0.2) is 5.78 Å². The number of hydrogen-bond acceptors (Lipinski definition) is 5. The fourth-order valence-electron chi connectivity index (χ4n) is 1.74. The van der Waals surface area contributed by atoms with Crippen molar-refractivity contribution in [2.75, 3.05) is 0 Å². The normalized spacial score (nSPS) is 10.7. The van der Waals surface area contributed by atoms with Gasteiger partial charge in [0.2, 0.25) is 0 Å². The molecule has 0 bridgehead atoms. The topological polar surface area (TPSA) is 65.4 Å². The Morgan fingerprint density at radius 2 is 2.05 bits per heavy atom. The van der Waals surface area contributed by atoms with E-state index in [0.717, 1.165) is 11.3 Å². The van der Waals surface area contributed by atoms with Gasteiger partial charge in [-0.3, -0.25) is 9.59 Å². The van der Waals surface area contributed by atoms with Gasteiger partial charge in [-0.15, -0.1) is 11.3 Å². The molecule has 0 saturated heterocycles. The monoisotopic (exact) mass is 339 g/mol. The molecule has 7 heteroatoms. The summed E-state index contributed by atoms with van der Waals surface area (Å²) in [5, 5.41) is 0. The summed E-state index contributed by atoms with van der Waals surface area (Å²) in [7, 11) is 0. The van der Waals surface area contributed by atoms with Crippen molar-refractivity contribution in [2.45, 2.75) is 26.5 Å². The van der Waals surface area contributed by atoms with E-state index in [1.807, 2.05) is 0 Å². The second-order valence-corrected chi connectivity index (χ2v) is 6.58. The summed E-state index contributed by atoms with van der Waals surface area (Å²) in [6.45, 7) is 3.35. The number of esters is 1. The molecule has 0 aliphatic carbocycles. The van der Waals surface area contributed by atoms with Crippen LogP contribution in [0.4, 0.5) is 0 Å². The van der Waals surface area contributed by atoms with Gasteiger partial charge in [0, 0.05) is 12.3 Å². The van der Waals surface area contributed by atoms with E-state index in [1.54, 1.807) is 26.0 Å². The Balaban J connectivity index is 2.15. The summed E-state index contributed by atoms with van der Waals surface area (Å²) in [5.41, 5.74) is -0.268. The summed E-state index contributed by atoms with van der Waals surface area (Å²) in [6, 6.07) is 5.88. The van der Waals surface area contributed by atoms with Crippen LogP contribution >= 0.6 is 22.9 Å². The molecule has 0 spiro atoms. The molecule has 2 heterocycles. The van der Waals surface area contributed by atoms with Gasteiger partial charge in [-0.2, -0.15) is 0 Å². The summed E-state index contributed by atoms with van der Waals surface area (Å²) in [5.74, 6) is -0.771. The van der Waals surface area contributed by atoms with Gasteiger partial charge in [-0.05, 0) is 32.0 Å². The molecule has 0 aliphatic rings. The van der Waals surface area contributed by atoms with E-state index < -0.39 is 11.5 Å². The standard InChI is InChI=1S/C15H14ClNO4S/c1-9(2)21-15(20)10-5-6-17(14(19)7-10)8-11(18)12-3-4-13(16)22-12/h3-7,9H,8H2,1-2H3. The lowest BCUT2D eigenvalue weighted by Gasteiger charge is -2.09. The number of rotatable bonds is 5. The zero-order valence-corrected chi connectivity index (χ0v) is 13.6. The number of carbonyl (C=O) groups is 2. The van der Waals surface area contributed by atoms with Gasteiger partial charge in [-0.1, -0.05) is 11.6 Å². The first-order valence-electron chi connectivity index (χ1n) is 6.57. The number of nitrogens with zero attached hydrogens (tertiary/aromatic N) is 1. The van der Waals surface area contributed by atoms with Gasteiger partial charge in [0.25, 0.3) is 5.56 Å². The molecule has 0 saturated carbocycles. The van der Waals surface area contributed by atoms with Gasteiger partial charge in [0.1, 0.15) is 0 Å². The Morgan fingerprint density at radius 3 is 2.59 bits per heavy atom. The molecule has 116 valence electrons. The van der Waals surface area contributed by atoms with Gasteiger partial charge < -0.3 is 9.30 Å². The molecule has 0 amide bonds. The van der Waals surface area contributed by atoms with Crippen molar-refractivity contribution in [2.24, 2.45) is 0 Å². The van der Waals surface area contributed by atoms with Gasteiger partial charge in [-0.25, -0.2) is 4.79 Å². The molecule has 0 fully saturated rings. The van der Waals surface area contributed by atoms with Crippen LogP contribution in [-0.2, 0) is 11.3 Å². The molecule has 0 radical (unpaired) electrons.